The lowest BCUT2D eigenvalue weighted by Crippen LogP contribution is -2.29. The third kappa shape index (κ3) is 2.25. The van der Waals surface area contributed by atoms with Crippen molar-refractivity contribution in [1.29, 1.82) is 5.26 Å². The number of hydrogen-bond donors (Lipinski definition) is 0. The van der Waals surface area contributed by atoms with Crippen molar-refractivity contribution in [1.82, 2.24) is 9.78 Å². The van der Waals surface area contributed by atoms with Crippen molar-refractivity contribution in [3.63, 3.8) is 0 Å². The molecule has 1 aromatic rings. The zero-order chi connectivity index (χ0) is 11.6. The second-order valence-corrected chi connectivity index (χ2v) is 6.24. The van der Waals surface area contributed by atoms with E-state index in [1.165, 1.54) is 0 Å². The minimum Gasteiger partial charge on any atom is -0.264 e. The lowest BCUT2D eigenvalue weighted by molar-refractivity contribution is 0.425. The first-order valence-corrected chi connectivity index (χ1v) is 7.04. The van der Waals surface area contributed by atoms with Crippen LogP contribution in [0.3, 0.4) is 0 Å². The van der Waals surface area contributed by atoms with Crippen LogP contribution >= 0.6 is 0 Å². The Balaban J connectivity index is 2.24. The van der Waals surface area contributed by atoms with E-state index in [4.69, 9.17) is 5.26 Å². The Hall–Kier alpha value is -1.35. The highest BCUT2D eigenvalue weighted by atomic mass is 32.2. The number of hydrogen-bond acceptors (Lipinski definition) is 4. The Morgan fingerprint density at radius 1 is 1.62 bits per heavy atom. The van der Waals surface area contributed by atoms with Gasteiger partial charge in [-0.1, -0.05) is 0 Å². The average molecular weight is 239 g/mol. The molecular formula is C10H13N3O2S. The molecule has 0 radical (unpaired) electrons. The molecule has 0 amide bonds. The first-order valence-electron chi connectivity index (χ1n) is 5.22. The summed E-state index contributed by atoms with van der Waals surface area (Å²) in [6.45, 7) is 0. The summed E-state index contributed by atoms with van der Waals surface area (Å²) in [6, 6.07) is 3.73. The smallest absolute Gasteiger partial charge is 0.152 e. The van der Waals surface area contributed by atoms with Gasteiger partial charge in [-0.05, 0) is 18.9 Å². The van der Waals surface area contributed by atoms with Crippen molar-refractivity contribution < 1.29 is 8.42 Å². The van der Waals surface area contributed by atoms with Crippen molar-refractivity contribution in [2.75, 3.05) is 11.5 Å². The molecular weight excluding hydrogens is 226 g/mol. The van der Waals surface area contributed by atoms with E-state index in [1.54, 1.807) is 16.9 Å². The molecule has 0 spiro atoms. The SMILES string of the molecule is N#CCc1ccnn1C1CCCS(=O)(=O)C1. The van der Waals surface area contributed by atoms with Crippen LogP contribution in [0, 0.1) is 11.3 Å². The van der Waals surface area contributed by atoms with E-state index in [2.05, 4.69) is 11.2 Å². The maximum absolute atomic E-state index is 11.5. The van der Waals surface area contributed by atoms with E-state index >= 15 is 0 Å². The number of rotatable bonds is 2. The fourth-order valence-corrected chi connectivity index (χ4v) is 3.75. The molecule has 1 atom stereocenters. The maximum atomic E-state index is 11.5. The summed E-state index contributed by atoms with van der Waals surface area (Å²) in [7, 11) is -2.93. The quantitative estimate of drug-likeness (QED) is 0.761. The molecule has 16 heavy (non-hydrogen) atoms. The van der Waals surface area contributed by atoms with Gasteiger partial charge in [0.15, 0.2) is 9.84 Å². The van der Waals surface area contributed by atoms with Crippen molar-refractivity contribution in [2.45, 2.75) is 25.3 Å². The largest absolute Gasteiger partial charge is 0.264 e. The van der Waals surface area contributed by atoms with E-state index in [-0.39, 0.29) is 24.0 Å². The third-order valence-corrected chi connectivity index (χ3v) is 4.60. The van der Waals surface area contributed by atoms with Gasteiger partial charge in [0.25, 0.3) is 0 Å². The third-order valence-electron chi connectivity index (χ3n) is 2.80. The van der Waals surface area contributed by atoms with Gasteiger partial charge in [-0.2, -0.15) is 10.4 Å². The molecule has 0 aromatic carbocycles. The Morgan fingerprint density at radius 2 is 2.44 bits per heavy atom. The van der Waals surface area contributed by atoms with Crippen LogP contribution in [0.5, 0.6) is 0 Å². The summed E-state index contributed by atoms with van der Waals surface area (Å²) in [5, 5.41) is 12.8. The molecule has 1 fully saturated rings. The van der Waals surface area contributed by atoms with Crippen LogP contribution in [0.4, 0.5) is 0 Å². The predicted octanol–water partition coefficient (Wildman–Crippen LogP) is 0.699. The zero-order valence-electron chi connectivity index (χ0n) is 8.83. The fraction of sp³-hybridized carbons (Fsp3) is 0.600. The normalized spacial score (nSPS) is 23.8. The standard InChI is InChI=1S/C10H13N3O2S/c11-5-3-9-4-6-12-13(9)10-2-1-7-16(14,15)8-10/h4,6,10H,1-3,7-8H2. The van der Waals surface area contributed by atoms with Crippen LogP contribution in [-0.2, 0) is 16.3 Å². The van der Waals surface area contributed by atoms with Gasteiger partial charge in [-0.25, -0.2) is 8.42 Å². The van der Waals surface area contributed by atoms with E-state index in [9.17, 15) is 8.42 Å². The highest BCUT2D eigenvalue weighted by molar-refractivity contribution is 7.91. The van der Waals surface area contributed by atoms with Gasteiger partial charge in [0.2, 0.25) is 0 Å². The lowest BCUT2D eigenvalue weighted by atomic mass is 10.2. The minimum atomic E-state index is -2.93. The van der Waals surface area contributed by atoms with Crippen molar-refractivity contribution in [3.05, 3.63) is 18.0 Å². The van der Waals surface area contributed by atoms with Gasteiger partial charge in [0, 0.05) is 6.20 Å². The second kappa shape index (κ2) is 4.26. The first-order chi connectivity index (χ1) is 7.62. The molecule has 86 valence electrons. The number of aromatic nitrogens is 2. The molecule has 1 aliphatic rings. The van der Waals surface area contributed by atoms with Gasteiger partial charge in [-0.15, -0.1) is 0 Å². The summed E-state index contributed by atoms with van der Waals surface area (Å²) in [5.74, 6) is 0.422. The van der Waals surface area contributed by atoms with Crippen LogP contribution in [0.1, 0.15) is 24.6 Å². The summed E-state index contributed by atoms with van der Waals surface area (Å²) < 4.78 is 24.7. The van der Waals surface area contributed by atoms with Crippen molar-refractivity contribution in [2.24, 2.45) is 0 Å². The van der Waals surface area contributed by atoms with Crippen LogP contribution in [0.15, 0.2) is 12.3 Å². The van der Waals surface area contributed by atoms with Gasteiger partial charge in [0.1, 0.15) is 0 Å². The summed E-state index contributed by atoms with van der Waals surface area (Å²) >= 11 is 0. The molecule has 2 rings (SSSR count). The number of nitriles is 1. The minimum absolute atomic E-state index is 0.0999. The Morgan fingerprint density at radius 3 is 3.12 bits per heavy atom. The molecule has 6 heteroatoms. The Labute approximate surface area is 94.6 Å². The van der Waals surface area contributed by atoms with Crippen LogP contribution in [-0.4, -0.2) is 29.7 Å². The van der Waals surface area contributed by atoms with E-state index in [0.717, 1.165) is 12.1 Å². The van der Waals surface area contributed by atoms with Crippen molar-refractivity contribution >= 4 is 9.84 Å². The molecule has 0 aliphatic carbocycles. The first kappa shape index (κ1) is 11.1. The van der Waals surface area contributed by atoms with Crippen LogP contribution in [0.2, 0.25) is 0 Å². The predicted molar refractivity (Wildman–Crippen MR) is 58.5 cm³/mol. The van der Waals surface area contributed by atoms with Crippen LogP contribution in [0.25, 0.3) is 0 Å². The van der Waals surface area contributed by atoms with Crippen LogP contribution < -0.4 is 0 Å². The van der Waals surface area contributed by atoms with Gasteiger partial charge >= 0.3 is 0 Å². The fourth-order valence-electron chi connectivity index (χ4n) is 2.08. The molecule has 1 aliphatic heterocycles. The molecule has 0 N–H and O–H groups in total. The topological polar surface area (TPSA) is 75.8 Å². The molecule has 0 saturated carbocycles. The molecule has 0 bridgehead atoms. The van der Waals surface area contributed by atoms with Crippen molar-refractivity contribution in [3.8, 4) is 6.07 Å². The highest BCUT2D eigenvalue weighted by Gasteiger charge is 2.27. The highest BCUT2D eigenvalue weighted by Crippen LogP contribution is 2.23. The number of nitrogens with zero attached hydrogens (tertiary/aromatic N) is 3. The van der Waals surface area contributed by atoms with E-state index in [1.807, 2.05) is 0 Å². The molecule has 5 nitrogen and oxygen atoms in total. The van der Waals surface area contributed by atoms with E-state index < -0.39 is 9.84 Å². The zero-order valence-corrected chi connectivity index (χ0v) is 9.65. The van der Waals surface area contributed by atoms with Gasteiger partial charge in [0.05, 0.1) is 35.7 Å². The molecule has 1 aromatic heterocycles. The number of sulfone groups is 1. The summed E-state index contributed by atoms with van der Waals surface area (Å²) in [4.78, 5) is 0. The van der Waals surface area contributed by atoms with Gasteiger partial charge < -0.3 is 0 Å². The summed E-state index contributed by atoms with van der Waals surface area (Å²) in [6.07, 6.45) is 3.39. The lowest BCUT2D eigenvalue weighted by Gasteiger charge is -2.23. The second-order valence-electron chi connectivity index (χ2n) is 4.01. The maximum Gasteiger partial charge on any atom is 0.152 e. The summed E-state index contributed by atoms with van der Waals surface area (Å²) in [5.41, 5.74) is 0.796. The van der Waals surface area contributed by atoms with Gasteiger partial charge in [-0.3, -0.25) is 4.68 Å². The average Bonchev–Trinajstić information content (AvgIpc) is 2.65. The Bertz CT molecular complexity index is 512. The molecule has 2 heterocycles. The Kier molecular flexibility index (Phi) is 2.97. The molecule has 1 saturated heterocycles. The molecule has 1 unspecified atom stereocenters. The van der Waals surface area contributed by atoms with E-state index in [0.29, 0.717) is 6.42 Å². The monoisotopic (exact) mass is 239 g/mol.